The van der Waals surface area contributed by atoms with Crippen LogP contribution in [0.5, 0.6) is 0 Å². The third-order valence-electron chi connectivity index (χ3n) is 2.93. The lowest BCUT2D eigenvalue weighted by atomic mass is 9.96. The lowest BCUT2D eigenvalue weighted by molar-refractivity contribution is 0.331. The molecule has 14 heavy (non-hydrogen) atoms. The van der Waals surface area contributed by atoms with Gasteiger partial charge in [0.15, 0.2) is 0 Å². The van der Waals surface area contributed by atoms with E-state index in [0.29, 0.717) is 12.1 Å². The summed E-state index contributed by atoms with van der Waals surface area (Å²) < 4.78 is 1.88. The standard InChI is InChI=1S/C11H19N3/c1-9-4-3-5-10(12-9)8-11-6-7-14(2)13-11/h6-7,9-10,12H,3-5,8H2,1-2H3. The molecule has 1 aliphatic heterocycles. The van der Waals surface area contributed by atoms with Crippen molar-refractivity contribution in [3.63, 3.8) is 0 Å². The van der Waals surface area contributed by atoms with Crippen molar-refractivity contribution in [2.24, 2.45) is 7.05 Å². The highest BCUT2D eigenvalue weighted by atomic mass is 15.2. The van der Waals surface area contributed by atoms with E-state index < -0.39 is 0 Å². The molecule has 78 valence electrons. The predicted molar refractivity (Wildman–Crippen MR) is 57.1 cm³/mol. The van der Waals surface area contributed by atoms with Crippen LogP contribution in [0.4, 0.5) is 0 Å². The molecule has 0 aromatic carbocycles. The molecule has 2 heterocycles. The van der Waals surface area contributed by atoms with Crippen molar-refractivity contribution in [1.29, 1.82) is 0 Å². The van der Waals surface area contributed by atoms with Crippen molar-refractivity contribution in [3.05, 3.63) is 18.0 Å². The Labute approximate surface area is 85.5 Å². The molecule has 0 bridgehead atoms. The molecule has 1 saturated heterocycles. The summed E-state index contributed by atoms with van der Waals surface area (Å²) in [5, 5.41) is 8.03. The fourth-order valence-corrected chi connectivity index (χ4v) is 2.22. The van der Waals surface area contributed by atoms with Gasteiger partial charge in [-0.25, -0.2) is 0 Å². The van der Waals surface area contributed by atoms with Gasteiger partial charge in [0.1, 0.15) is 0 Å². The molecule has 2 unspecified atom stereocenters. The molecule has 0 saturated carbocycles. The summed E-state index contributed by atoms with van der Waals surface area (Å²) in [6.45, 7) is 2.27. The summed E-state index contributed by atoms with van der Waals surface area (Å²) in [5.41, 5.74) is 1.21. The maximum absolute atomic E-state index is 4.41. The zero-order chi connectivity index (χ0) is 9.97. The number of hydrogen-bond acceptors (Lipinski definition) is 2. The molecule has 1 aromatic rings. The van der Waals surface area contributed by atoms with Crippen LogP contribution >= 0.6 is 0 Å². The number of aryl methyl sites for hydroxylation is 1. The number of nitrogens with one attached hydrogen (secondary N) is 1. The quantitative estimate of drug-likeness (QED) is 0.771. The summed E-state index contributed by atoms with van der Waals surface area (Å²) in [5.74, 6) is 0. The first-order valence-corrected chi connectivity index (χ1v) is 5.48. The Morgan fingerprint density at radius 3 is 3.07 bits per heavy atom. The normalized spacial score (nSPS) is 27.9. The van der Waals surface area contributed by atoms with E-state index in [-0.39, 0.29) is 0 Å². The van der Waals surface area contributed by atoms with Crippen molar-refractivity contribution in [2.45, 2.75) is 44.7 Å². The second kappa shape index (κ2) is 4.13. The first kappa shape index (κ1) is 9.71. The molecule has 1 fully saturated rings. The molecule has 0 spiro atoms. The first-order chi connectivity index (χ1) is 6.74. The Hall–Kier alpha value is -0.830. The van der Waals surface area contributed by atoms with Crippen LogP contribution in [0.15, 0.2) is 12.3 Å². The fraction of sp³-hybridized carbons (Fsp3) is 0.727. The van der Waals surface area contributed by atoms with Gasteiger partial charge in [-0.15, -0.1) is 0 Å². The first-order valence-electron chi connectivity index (χ1n) is 5.48. The fourth-order valence-electron chi connectivity index (χ4n) is 2.22. The predicted octanol–water partition coefficient (Wildman–Crippen LogP) is 1.49. The largest absolute Gasteiger partial charge is 0.311 e. The zero-order valence-corrected chi connectivity index (χ0v) is 9.03. The average Bonchev–Trinajstić information content (AvgIpc) is 2.51. The zero-order valence-electron chi connectivity index (χ0n) is 9.03. The molecular weight excluding hydrogens is 174 g/mol. The van der Waals surface area contributed by atoms with Gasteiger partial charge in [-0.1, -0.05) is 6.42 Å². The van der Waals surface area contributed by atoms with E-state index in [9.17, 15) is 0 Å². The summed E-state index contributed by atoms with van der Waals surface area (Å²) >= 11 is 0. The number of rotatable bonds is 2. The van der Waals surface area contributed by atoms with E-state index in [1.165, 1.54) is 25.0 Å². The Morgan fingerprint density at radius 2 is 2.43 bits per heavy atom. The Balaban J connectivity index is 1.90. The van der Waals surface area contributed by atoms with Crippen molar-refractivity contribution >= 4 is 0 Å². The topological polar surface area (TPSA) is 29.9 Å². The molecule has 1 N–H and O–H groups in total. The molecule has 0 radical (unpaired) electrons. The Kier molecular flexibility index (Phi) is 2.87. The van der Waals surface area contributed by atoms with Gasteiger partial charge in [0, 0.05) is 31.7 Å². The van der Waals surface area contributed by atoms with E-state index in [1.807, 2.05) is 17.9 Å². The number of nitrogens with zero attached hydrogens (tertiary/aromatic N) is 2. The van der Waals surface area contributed by atoms with E-state index in [0.717, 1.165) is 6.42 Å². The summed E-state index contributed by atoms with van der Waals surface area (Å²) in [6.07, 6.45) is 7.05. The molecule has 3 heteroatoms. The SMILES string of the molecule is CC1CCCC(Cc2ccn(C)n2)N1. The molecule has 2 rings (SSSR count). The molecule has 2 atom stereocenters. The summed E-state index contributed by atoms with van der Waals surface area (Å²) in [6, 6.07) is 3.42. The van der Waals surface area contributed by atoms with Crippen LogP contribution in [0.2, 0.25) is 0 Å². The van der Waals surface area contributed by atoms with Gasteiger partial charge in [-0.05, 0) is 25.8 Å². The lowest BCUT2D eigenvalue weighted by Gasteiger charge is -2.28. The monoisotopic (exact) mass is 193 g/mol. The molecule has 0 amide bonds. The summed E-state index contributed by atoms with van der Waals surface area (Å²) in [7, 11) is 1.97. The van der Waals surface area contributed by atoms with Gasteiger partial charge < -0.3 is 5.32 Å². The van der Waals surface area contributed by atoms with Crippen molar-refractivity contribution < 1.29 is 0 Å². The van der Waals surface area contributed by atoms with Crippen LogP contribution in [0.3, 0.4) is 0 Å². The minimum atomic E-state index is 0.633. The number of aromatic nitrogens is 2. The lowest BCUT2D eigenvalue weighted by Crippen LogP contribution is -2.41. The van der Waals surface area contributed by atoms with Crippen LogP contribution in [-0.4, -0.2) is 21.9 Å². The minimum absolute atomic E-state index is 0.633. The van der Waals surface area contributed by atoms with Gasteiger partial charge >= 0.3 is 0 Å². The Bertz CT molecular complexity index is 292. The van der Waals surface area contributed by atoms with Crippen LogP contribution in [0.25, 0.3) is 0 Å². The van der Waals surface area contributed by atoms with Crippen molar-refractivity contribution in [1.82, 2.24) is 15.1 Å². The third kappa shape index (κ3) is 2.35. The smallest absolute Gasteiger partial charge is 0.0640 e. The van der Waals surface area contributed by atoms with Crippen LogP contribution < -0.4 is 5.32 Å². The highest BCUT2D eigenvalue weighted by Crippen LogP contribution is 2.15. The second-order valence-electron chi connectivity index (χ2n) is 4.38. The van der Waals surface area contributed by atoms with Gasteiger partial charge in [-0.3, -0.25) is 4.68 Å². The van der Waals surface area contributed by atoms with Crippen LogP contribution in [0, 0.1) is 0 Å². The molecule has 1 aromatic heterocycles. The number of hydrogen-bond donors (Lipinski definition) is 1. The van der Waals surface area contributed by atoms with E-state index >= 15 is 0 Å². The van der Waals surface area contributed by atoms with Crippen LogP contribution in [-0.2, 0) is 13.5 Å². The van der Waals surface area contributed by atoms with Crippen molar-refractivity contribution in [2.75, 3.05) is 0 Å². The Morgan fingerprint density at radius 1 is 1.57 bits per heavy atom. The highest BCUT2D eigenvalue weighted by molar-refractivity contribution is 5.02. The molecular formula is C11H19N3. The minimum Gasteiger partial charge on any atom is -0.311 e. The second-order valence-corrected chi connectivity index (χ2v) is 4.38. The van der Waals surface area contributed by atoms with Gasteiger partial charge in [0.25, 0.3) is 0 Å². The van der Waals surface area contributed by atoms with Gasteiger partial charge in [0.2, 0.25) is 0 Å². The van der Waals surface area contributed by atoms with E-state index in [1.54, 1.807) is 0 Å². The molecule has 3 nitrogen and oxygen atoms in total. The maximum Gasteiger partial charge on any atom is 0.0640 e. The number of piperidine rings is 1. The molecule has 0 aliphatic carbocycles. The van der Waals surface area contributed by atoms with Crippen molar-refractivity contribution in [3.8, 4) is 0 Å². The average molecular weight is 193 g/mol. The van der Waals surface area contributed by atoms with Gasteiger partial charge in [0.05, 0.1) is 5.69 Å². The van der Waals surface area contributed by atoms with E-state index in [4.69, 9.17) is 0 Å². The van der Waals surface area contributed by atoms with E-state index in [2.05, 4.69) is 23.4 Å². The maximum atomic E-state index is 4.41. The van der Waals surface area contributed by atoms with Gasteiger partial charge in [-0.2, -0.15) is 5.10 Å². The third-order valence-corrected chi connectivity index (χ3v) is 2.93. The summed E-state index contributed by atoms with van der Waals surface area (Å²) in [4.78, 5) is 0. The molecule has 1 aliphatic rings. The highest BCUT2D eigenvalue weighted by Gasteiger charge is 2.18. The van der Waals surface area contributed by atoms with Crippen LogP contribution in [0.1, 0.15) is 31.9 Å².